The van der Waals surface area contributed by atoms with E-state index in [1.54, 1.807) is 12.1 Å². The second-order valence-electron chi connectivity index (χ2n) is 3.55. The molecule has 5 N–H and O–H groups in total. The van der Waals surface area contributed by atoms with Crippen molar-refractivity contribution in [2.75, 3.05) is 16.8 Å². The summed E-state index contributed by atoms with van der Waals surface area (Å²) >= 11 is 11.4. The number of rotatable bonds is 2. The van der Waals surface area contributed by atoms with Gasteiger partial charge in [-0.25, -0.2) is 9.37 Å². The van der Waals surface area contributed by atoms with Gasteiger partial charge in [0.2, 0.25) is 0 Å². The topological polar surface area (TPSA) is 77.0 Å². The van der Waals surface area contributed by atoms with Crippen molar-refractivity contribution in [2.45, 2.75) is 0 Å². The van der Waals surface area contributed by atoms with Crippen LogP contribution in [0.4, 0.5) is 27.4 Å². The van der Waals surface area contributed by atoms with Crippen LogP contribution in [0.25, 0.3) is 0 Å². The molecule has 0 fully saturated rings. The first-order chi connectivity index (χ1) is 8.47. The van der Waals surface area contributed by atoms with Crippen LogP contribution in [0.5, 0.6) is 0 Å². The third kappa shape index (κ3) is 2.57. The van der Waals surface area contributed by atoms with E-state index in [-0.39, 0.29) is 15.9 Å². The van der Waals surface area contributed by atoms with Crippen LogP contribution in [0.2, 0.25) is 10.0 Å². The highest BCUT2D eigenvalue weighted by molar-refractivity contribution is 6.35. The van der Waals surface area contributed by atoms with Gasteiger partial charge in [-0.05, 0) is 24.3 Å². The molecule has 1 aromatic heterocycles. The van der Waals surface area contributed by atoms with Gasteiger partial charge in [-0.3, -0.25) is 0 Å². The van der Waals surface area contributed by atoms with Crippen molar-refractivity contribution in [1.82, 2.24) is 4.98 Å². The number of pyridine rings is 1. The molecule has 0 aliphatic heterocycles. The summed E-state index contributed by atoms with van der Waals surface area (Å²) in [5.41, 5.74) is 12.0. The molecule has 0 atom stereocenters. The third-order valence-corrected chi connectivity index (χ3v) is 2.76. The zero-order valence-corrected chi connectivity index (χ0v) is 10.6. The fraction of sp³-hybridized carbons (Fsp3) is 0. The first-order valence-electron chi connectivity index (χ1n) is 4.91. The summed E-state index contributed by atoms with van der Waals surface area (Å²) in [5.74, 6) is 0.00779. The minimum atomic E-state index is -0.659. The Bertz CT molecular complexity index is 581. The fourth-order valence-corrected chi connectivity index (χ4v) is 1.82. The van der Waals surface area contributed by atoms with E-state index >= 15 is 0 Å². The van der Waals surface area contributed by atoms with E-state index in [1.165, 1.54) is 12.1 Å². The average molecular weight is 287 g/mol. The zero-order chi connectivity index (χ0) is 13.3. The van der Waals surface area contributed by atoms with Crippen molar-refractivity contribution in [3.63, 3.8) is 0 Å². The van der Waals surface area contributed by atoms with Gasteiger partial charge in [0.15, 0.2) is 5.82 Å². The van der Waals surface area contributed by atoms with Crippen LogP contribution < -0.4 is 16.8 Å². The number of halogens is 3. The first-order valence-corrected chi connectivity index (χ1v) is 5.66. The number of hydrogen-bond acceptors (Lipinski definition) is 4. The SMILES string of the molecule is Nc1ccc(Nc2cc(Cl)c(F)c(Cl)c2)nc1N. The smallest absolute Gasteiger partial charge is 0.160 e. The van der Waals surface area contributed by atoms with Gasteiger partial charge in [0, 0.05) is 5.69 Å². The van der Waals surface area contributed by atoms with E-state index in [0.29, 0.717) is 17.2 Å². The maximum atomic E-state index is 13.2. The molecule has 0 aliphatic carbocycles. The molecular weight excluding hydrogens is 278 g/mol. The lowest BCUT2D eigenvalue weighted by atomic mass is 10.3. The Morgan fingerprint density at radius 3 is 2.28 bits per heavy atom. The van der Waals surface area contributed by atoms with E-state index in [2.05, 4.69) is 10.3 Å². The van der Waals surface area contributed by atoms with Gasteiger partial charge in [-0.15, -0.1) is 0 Å². The molecule has 2 rings (SSSR count). The molecule has 0 unspecified atom stereocenters. The molecule has 0 spiro atoms. The van der Waals surface area contributed by atoms with Crippen LogP contribution in [0.3, 0.4) is 0 Å². The molecule has 2 aromatic rings. The summed E-state index contributed by atoms with van der Waals surface area (Å²) in [6.45, 7) is 0. The maximum Gasteiger partial charge on any atom is 0.160 e. The Morgan fingerprint density at radius 1 is 1.11 bits per heavy atom. The first kappa shape index (κ1) is 12.7. The van der Waals surface area contributed by atoms with Crippen LogP contribution in [-0.2, 0) is 0 Å². The fourth-order valence-electron chi connectivity index (χ4n) is 1.33. The molecule has 0 saturated heterocycles. The van der Waals surface area contributed by atoms with Gasteiger partial charge in [-0.1, -0.05) is 23.2 Å². The molecule has 0 aliphatic rings. The average Bonchev–Trinajstić information content (AvgIpc) is 2.31. The maximum absolute atomic E-state index is 13.2. The number of benzene rings is 1. The van der Waals surface area contributed by atoms with Crippen LogP contribution >= 0.6 is 23.2 Å². The Balaban J connectivity index is 2.31. The molecule has 1 aromatic carbocycles. The Hall–Kier alpha value is -1.72. The molecule has 0 radical (unpaired) electrons. The summed E-state index contributed by atoms with van der Waals surface area (Å²) in [6.07, 6.45) is 0. The molecule has 1 heterocycles. The van der Waals surface area contributed by atoms with Crippen molar-refractivity contribution < 1.29 is 4.39 Å². The lowest BCUT2D eigenvalue weighted by molar-refractivity contribution is 0.629. The molecule has 0 amide bonds. The van der Waals surface area contributed by atoms with Crippen molar-refractivity contribution in [2.24, 2.45) is 0 Å². The van der Waals surface area contributed by atoms with E-state index < -0.39 is 5.82 Å². The highest BCUT2D eigenvalue weighted by Crippen LogP contribution is 2.29. The lowest BCUT2D eigenvalue weighted by Gasteiger charge is -2.09. The van der Waals surface area contributed by atoms with Crippen LogP contribution in [0.1, 0.15) is 0 Å². The predicted molar refractivity (Wildman–Crippen MR) is 72.8 cm³/mol. The van der Waals surface area contributed by atoms with E-state index in [1.807, 2.05) is 0 Å². The van der Waals surface area contributed by atoms with Crippen LogP contribution in [0, 0.1) is 5.82 Å². The van der Waals surface area contributed by atoms with Crippen molar-refractivity contribution >= 4 is 46.2 Å². The number of hydrogen-bond donors (Lipinski definition) is 3. The van der Waals surface area contributed by atoms with Crippen LogP contribution in [0.15, 0.2) is 24.3 Å². The molecule has 94 valence electrons. The molecule has 4 nitrogen and oxygen atoms in total. The number of nitrogens with two attached hydrogens (primary N) is 2. The summed E-state index contributed by atoms with van der Waals surface area (Å²) in [5, 5.41) is 2.75. The Labute approximate surface area is 113 Å². The number of anilines is 4. The minimum Gasteiger partial charge on any atom is -0.396 e. The largest absolute Gasteiger partial charge is 0.396 e. The summed E-state index contributed by atoms with van der Waals surface area (Å²) in [6, 6.07) is 6.04. The molecule has 18 heavy (non-hydrogen) atoms. The Kier molecular flexibility index (Phi) is 3.45. The van der Waals surface area contributed by atoms with Gasteiger partial charge in [-0.2, -0.15) is 0 Å². The number of aromatic nitrogens is 1. The lowest BCUT2D eigenvalue weighted by Crippen LogP contribution is -2.01. The number of nitrogens with zero attached hydrogens (tertiary/aromatic N) is 1. The van der Waals surface area contributed by atoms with Gasteiger partial charge in [0.1, 0.15) is 11.6 Å². The third-order valence-electron chi connectivity index (χ3n) is 2.21. The van der Waals surface area contributed by atoms with Crippen molar-refractivity contribution in [3.05, 3.63) is 40.1 Å². The Morgan fingerprint density at radius 2 is 1.72 bits per heavy atom. The number of nitrogen functional groups attached to an aromatic ring is 2. The van der Waals surface area contributed by atoms with E-state index in [9.17, 15) is 4.39 Å². The predicted octanol–water partition coefficient (Wildman–Crippen LogP) is 3.44. The highest BCUT2D eigenvalue weighted by Gasteiger charge is 2.08. The van der Waals surface area contributed by atoms with Crippen LogP contribution in [-0.4, -0.2) is 4.98 Å². The van der Waals surface area contributed by atoms with Gasteiger partial charge >= 0.3 is 0 Å². The normalized spacial score (nSPS) is 10.4. The minimum absolute atomic E-state index is 0.0755. The molecular formula is C11H9Cl2FN4. The van der Waals surface area contributed by atoms with Crippen molar-refractivity contribution in [3.8, 4) is 0 Å². The van der Waals surface area contributed by atoms with E-state index in [0.717, 1.165) is 0 Å². The van der Waals surface area contributed by atoms with Crippen molar-refractivity contribution in [1.29, 1.82) is 0 Å². The number of nitrogens with one attached hydrogen (secondary N) is 1. The van der Waals surface area contributed by atoms with Gasteiger partial charge in [0.25, 0.3) is 0 Å². The van der Waals surface area contributed by atoms with E-state index in [4.69, 9.17) is 34.7 Å². The quantitative estimate of drug-likeness (QED) is 0.739. The molecule has 7 heteroatoms. The second-order valence-corrected chi connectivity index (χ2v) is 4.36. The summed E-state index contributed by atoms with van der Waals surface area (Å²) in [4.78, 5) is 4.01. The van der Waals surface area contributed by atoms with Gasteiger partial charge in [0.05, 0.1) is 15.7 Å². The molecule has 0 bridgehead atoms. The van der Waals surface area contributed by atoms with Gasteiger partial charge < -0.3 is 16.8 Å². The summed E-state index contributed by atoms with van der Waals surface area (Å²) in [7, 11) is 0. The monoisotopic (exact) mass is 286 g/mol. The zero-order valence-electron chi connectivity index (χ0n) is 9.05. The molecule has 0 saturated carbocycles. The second kappa shape index (κ2) is 4.88. The standard InChI is InChI=1S/C11H9Cl2FN4/c12-6-3-5(4-7(13)10(6)14)17-9-2-1-8(15)11(16)18-9/h1-4H,15H2,(H3,16,17,18). The summed E-state index contributed by atoms with van der Waals surface area (Å²) < 4.78 is 13.2. The highest BCUT2D eigenvalue weighted by atomic mass is 35.5.